The van der Waals surface area contributed by atoms with Crippen molar-refractivity contribution >= 4 is 27.3 Å². The Morgan fingerprint density at radius 1 is 1.50 bits per heavy atom. The monoisotopic (exact) mass is 301 g/mol. The third-order valence-corrected chi connectivity index (χ3v) is 3.53. The Morgan fingerprint density at radius 2 is 2.31 bits per heavy atom. The first-order chi connectivity index (χ1) is 7.65. The van der Waals surface area contributed by atoms with Crippen molar-refractivity contribution in [2.24, 2.45) is 0 Å². The van der Waals surface area contributed by atoms with Gasteiger partial charge in [-0.1, -0.05) is 19.0 Å². The summed E-state index contributed by atoms with van der Waals surface area (Å²) in [5.41, 5.74) is 0. The maximum Gasteiger partial charge on any atom is 0.268 e. The van der Waals surface area contributed by atoms with Gasteiger partial charge in [-0.15, -0.1) is 11.3 Å². The summed E-state index contributed by atoms with van der Waals surface area (Å²) >= 11 is 4.98. The first-order valence-corrected chi connectivity index (χ1v) is 6.58. The van der Waals surface area contributed by atoms with E-state index in [1.165, 1.54) is 0 Å². The summed E-state index contributed by atoms with van der Waals surface area (Å²) < 4.78 is 6.24. The van der Waals surface area contributed by atoms with Crippen LogP contribution in [0.5, 0.6) is 0 Å². The van der Waals surface area contributed by atoms with Crippen LogP contribution in [0.25, 0.3) is 10.8 Å². The molecule has 0 aliphatic heterocycles. The normalized spacial score (nSPS) is 11.2. The number of hydrogen-bond donors (Lipinski definition) is 1. The fourth-order valence-corrected chi connectivity index (χ4v) is 2.46. The molecule has 0 aliphatic carbocycles. The molecule has 0 saturated heterocycles. The van der Waals surface area contributed by atoms with Gasteiger partial charge in [-0.2, -0.15) is 4.98 Å². The van der Waals surface area contributed by atoms with Crippen LogP contribution >= 0.6 is 27.3 Å². The molecule has 2 heterocycles. The number of rotatable bonds is 4. The van der Waals surface area contributed by atoms with Gasteiger partial charge in [0.15, 0.2) is 5.82 Å². The van der Waals surface area contributed by atoms with Gasteiger partial charge in [-0.05, 0) is 28.1 Å². The minimum absolute atomic E-state index is 0.415. The lowest BCUT2D eigenvalue weighted by molar-refractivity contribution is 0.418. The van der Waals surface area contributed by atoms with Crippen molar-refractivity contribution in [3.8, 4) is 10.8 Å². The Labute approximate surface area is 106 Å². The van der Waals surface area contributed by atoms with Gasteiger partial charge in [-0.3, -0.25) is 0 Å². The summed E-state index contributed by atoms with van der Waals surface area (Å²) in [6, 6.07) is 4.34. The molecular formula is C10H12BrN3OS. The van der Waals surface area contributed by atoms with E-state index in [1.54, 1.807) is 11.3 Å². The lowest BCUT2D eigenvalue weighted by Crippen LogP contribution is -2.22. The van der Waals surface area contributed by atoms with E-state index >= 15 is 0 Å². The highest BCUT2D eigenvalue weighted by Gasteiger charge is 2.10. The summed E-state index contributed by atoms with van der Waals surface area (Å²) in [6.45, 7) is 4.79. The largest absolute Gasteiger partial charge is 0.333 e. The van der Waals surface area contributed by atoms with Crippen LogP contribution in [0.1, 0.15) is 19.7 Å². The zero-order valence-corrected chi connectivity index (χ0v) is 11.4. The molecule has 0 amide bonds. The fourth-order valence-electron chi connectivity index (χ4n) is 1.15. The van der Waals surface area contributed by atoms with Gasteiger partial charge in [0, 0.05) is 6.04 Å². The van der Waals surface area contributed by atoms with Crippen molar-refractivity contribution < 1.29 is 4.52 Å². The number of thiophene rings is 1. The van der Waals surface area contributed by atoms with Gasteiger partial charge in [0.1, 0.15) is 0 Å². The summed E-state index contributed by atoms with van der Waals surface area (Å²) in [6.07, 6.45) is 0. The Kier molecular flexibility index (Phi) is 3.73. The molecule has 2 aromatic heterocycles. The van der Waals surface area contributed by atoms with Crippen LogP contribution < -0.4 is 5.32 Å². The molecule has 2 aromatic rings. The van der Waals surface area contributed by atoms with E-state index in [2.05, 4.69) is 45.2 Å². The van der Waals surface area contributed by atoms with Crippen molar-refractivity contribution in [1.82, 2.24) is 15.5 Å². The lowest BCUT2D eigenvalue weighted by atomic mass is 10.4. The van der Waals surface area contributed by atoms with E-state index in [-0.39, 0.29) is 0 Å². The van der Waals surface area contributed by atoms with Crippen molar-refractivity contribution in [3.63, 3.8) is 0 Å². The van der Waals surface area contributed by atoms with Crippen LogP contribution in [0.2, 0.25) is 0 Å². The number of halogens is 1. The third-order valence-electron chi connectivity index (χ3n) is 1.92. The van der Waals surface area contributed by atoms with E-state index in [9.17, 15) is 0 Å². The summed E-state index contributed by atoms with van der Waals surface area (Å²) in [7, 11) is 0. The van der Waals surface area contributed by atoms with Gasteiger partial charge in [0.2, 0.25) is 0 Å². The lowest BCUT2D eigenvalue weighted by Gasteiger charge is -2.02. The zero-order valence-electron chi connectivity index (χ0n) is 9.03. The molecule has 0 bridgehead atoms. The second kappa shape index (κ2) is 5.07. The Bertz CT molecular complexity index is 466. The van der Waals surface area contributed by atoms with E-state index in [1.807, 2.05) is 12.1 Å². The number of hydrogen-bond acceptors (Lipinski definition) is 5. The molecule has 4 nitrogen and oxygen atoms in total. The zero-order chi connectivity index (χ0) is 11.5. The molecule has 0 unspecified atom stereocenters. The Morgan fingerprint density at radius 3 is 2.94 bits per heavy atom. The molecule has 0 atom stereocenters. The minimum atomic E-state index is 0.415. The number of aromatic nitrogens is 2. The van der Waals surface area contributed by atoms with Gasteiger partial charge in [-0.25, -0.2) is 0 Å². The van der Waals surface area contributed by atoms with Crippen LogP contribution in [0.3, 0.4) is 0 Å². The average Bonchev–Trinajstić information content (AvgIpc) is 2.83. The molecule has 16 heavy (non-hydrogen) atoms. The van der Waals surface area contributed by atoms with E-state index in [4.69, 9.17) is 4.52 Å². The predicted molar refractivity (Wildman–Crippen MR) is 67.3 cm³/mol. The molecule has 86 valence electrons. The highest BCUT2D eigenvalue weighted by molar-refractivity contribution is 9.11. The van der Waals surface area contributed by atoms with Gasteiger partial charge in [0.25, 0.3) is 5.89 Å². The van der Waals surface area contributed by atoms with Crippen molar-refractivity contribution in [1.29, 1.82) is 0 Å². The number of nitrogens with zero attached hydrogens (tertiary/aromatic N) is 2. The van der Waals surface area contributed by atoms with Gasteiger partial charge in [0.05, 0.1) is 15.2 Å². The summed E-state index contributed by atoms with van der Waals surface area (Å²) in [5, 5.41) is 7.16. The van der Waals surface area contributed by atoms with Gasteiger partial charge >= 0.3 is 0 Å². The Balaban J connectivity index is 2.07. The topological polar surface area (TPSA) is 51.0 Å². The van der Waals surface area contributed by atoms with E-state index in [0.29, 0.717) is 24.3 Å². The smallest absolute Gasteiger partial charge is 0.268 e. The molecule has 0 fully saturated rings. The van der Waals surface area contributed by atoms with Crippen molar-refractivity contribution in [2.45, 2.75) is 26.4 Å². The van der Waals surface area contributed by atoms with Crippen LogP contribution in [-0.4, -0.2) is 16.2 Å². The quantitative estimate of drug-likeness (QED) is 0.943. The van der Waals surface area contributed by atoms with Crippen LogP contribution in [-0.2, 0) is 6.54 Å². The van der Waals surface area contributed by atoms with Crippen LogP contribution in [0.15, 0.2) is 20.4 Å². The molecule has 1 N–H and O–H groups in total. The third kappa shape index (κ3) is 2.90. The molecular weight excluding hydrogens is 290 g/mol. The second-order valence-electron chi connectivity index (χ2n) is 3.66. The van der Waals surface area contributed by atoms with Crippen LogP contribution in [0, 0.1) is 0 Å². The van der Waals surface area contributed by atoms with Crippen LogP contribution in [0.4, 0.5) is 0 Å². The summed E-state index contributed by atoms with van der Waals surface area (Å²) in [5.74, 6) is 1.27. The molecule has 0 radical (unpaired) electrons. The molecule has 0 saturated carbocycles. The van der Waals surface area contributed by atoms with Crippen molar-refractivity contribution in [3.05, 3.63) is 21.7 Å². The summed E-state index contributed by atoms with van der Waals surface area (Å²) in [4.78, 5) is 5.30. The highest BCUT2D eigenvalue weighted by Crippen LogP contribution is 2.29. The average molecular weight is 302 g/mol. The standard InChI is InChI=1S/C10H12BrN3OS/c1-6(2)12-5-9-13-10(15-14-9)7-3-4-8(11)16-7/h3-4,6,12H,5H2,1-2H3. The first kappa shape index (κ1) is 11.8. The molecule has 0 spiro atoms. The maximum absolute atomic E-state index is 5.18. The first-order valence-electron chi connectivity index (χ1n) is 4.97. The molecule has 6 heteroatoms. The molecule has 2 rings (SSSR count). The van der Waals surface area contributed by atoms with E-state index < -0.39 is 0 Å². The van der Waals surface area contributed by atoms with Crippen molar-refractivity contribution in [2.75, 3.05) is 0 Å². The highest BCUT2D eigenvalue weighted by atomic mass is 79.9. The minimum Gasteiger partial charge on any atom is -0.333 e. The Hall–Kier alpha value is -0.720. The SMILES string of the molecule is CC(C)NCc1noc(-c2ccc(Br)s2)n1. The van der Waals surface area contributed by atoms with E-state index in [0.717, 1.165) is 8.66 Å². The molecule has 0 aliphatic rings. The second-order valence-corrected chi connectivity index (χ2v) is 6.12. The predicted octanol–water partition coefficient (Wildman–Crippen LogP) is 3.06. The number of nitrogens with one attached hydrogen (secondary N) is 1. The van der Waals surface area contributed by atoms with Gasteiger partial charge < -0.3 is 9.84 Å². The fraction of sp³-hybridized carbons (Fsp3) is 0.400. The molecule has 0 aromatic carbocycles. The maximum atomic E-state index is 5.18.